The van der Waals surface area contributed by atoms with Crippen LogP contribution in [0, 0.1) is 0 Å². The Morgan fingerprint density at radius 1 is 0.978 bits per heavy atom. The molecule has 0 atom stereocenters. The predicted molar refractivity (Wildman–Crippen MR) is 175 cm³/mol. The molecule has 13 nitrogen and oxygen atoms in total. The van der Waals surface area contributed by atoms with E-state index >= 15 is 0 Å². The fourth-order valence-corrected chi connectivity index (χ4v) is 6.54. The van der Waals surface area contributed by atoms with Gasteiger partial charge >= 0.3 is 0 Å². The lowest BCUT2D eigenvalue weighted by molar-refractivity contribution is 0.122. The molecule has 6 rings (SSSR count). The molecule has 2 saturated heterocycles. The topological polar surface area (TPSA) is 134 Å². The lowest BCUT2D eigenvalue weighted by atomic mass is 9.93. The minimum absolute atomic E-state index is 0.0192. The maximum Gasteiger partial charge on any atom is 0.229 e. The molecule has 3 aromatic heterocycles. The van der Waals surface area contributed by atoms with Crippen LogP contribution in [-0.4, -0.2) is 124 Å². The van der Waals surface area contributed by atoms with Crippen LogP contribution in [0.4, 0.5) is 17.3 Å². The highest BCUT2D eigenvalue weighted by Gasteiger charge is 2.25. The molecular formula is C31H44N8O5S. The van der Waals surface area contributed by atoms with E-state index in [4.69, 9.17) is 19.2 Å². The molecule has 244 valence electrons. The summed E-state index contributed by atoms with van der Waals surface area (Å²) < 4.78 is 44.2. The SMILES string of the molecule is CN1CCN(CCOc2ccc(N[C@H]3CC[C@@H](Oc4nc(N5CCOCC5)cc5ncc(NS(C)(=O)=O)cc45)CC3)nc2)CC1. The van der Waals surface area contributed by atoms with Crippen molar-refractivity contribution in [3.05, 3.63) is 36.7 Å². The Kier molecular flexibility index (Phi) is 10.0. The van der Waals surface area contributed by atoms with Gasteiger partial charge in [0.2, 0.25) is 15.9 Å². The summed E-state index contributed by atoms with van der Waals surface area (Å²) in [5.74, 6) is 2.88. The van der Waals surface area contributed by atoms with Gasteiger partial charge in [0.25, 0.3) is 0 Å². The number of sulfonamides is 1. The third-order valence-corrected chi connectivity index (χ3v) is 9.19. The van der Waals surface area contributed by atoms with Crippen molar-refractivity contribution < 1.29 is 22.6 Å². The summed E-state index contributed by atoms with van der Waals surface area (Å²) in [6, 6.07) is 7.92. The van der Waals surface area contributed by atoms with Crippen molar-refractivity contribution in [3.63, 3.8) is 0 Å². The molecule has 1 aliphatic carbocycles. The fourth-order valence-electron chi connectivity index (χ4n) is 6.00. The number of hydrogen-bond acceptors (Lipinski definition) is 12. The molecule has 0 unspecified atom stereocenters. The van der Waals surface area contributed by atoms with Gasteiger partial charge in [0, 0.05) is 57.9 Å². The molecule has 0 bridgehead atoms. The van der Waals surface area contributed by atoms with Gasteiger partial charge in [0.1, 0.15) is 30.1 Å². The zero-order valence-electron chi connectivity index (χ0n) is 26.2. The molecule has 3 fully saturated rings. The second-order valence-corrected chi connectivity index (χ2v) is 13.9. The Morgan fingerprint density at radius 3 is 2.47 bits per heavy atom. The van der Waals surface area contributed by atoms with Crippen molar-refractivity contribution in [3.8, 4) is 11.6 Å². The van der Waals surface area contributed by atoms with Gasteiger partial charge in [-0.3, -0.25) is 14.6 Å². The predicted octanol–water partition coefficient (Wildman–Crippen LogP) is 2.66. The first-order valence-electron chi connectivity index (χ1n) is 15.8. The third-order valence-electron chi connectivity index (χ3n) is 8.58. The molecule has 2 N–H and O–H groups in total. The summed E-state index contributed by atoms with van der Waals surface area (Å²) in [6.45, 7) is 8.72. The minimum Gasteiger partial charge on any atom is -0.491 e. The quantitative estimate of drug-likeness (QED) is 0.319. The van der Waals surface area contributed by atoms with Gasteiger partial charge in [0.05, 0.1) is 48.5 Å². The average Bonchev–Trinajstić information content (AvgIpc) is 3.03. The lowest BCUT2D eigenvalue weighted by Gasteiger charge is -2.32. The Labute approximate surface area is 265 Å². The van der Waals surface area contributed by atoms with Crippen molar-refractivity contribution in [2.24, 2.45) is 0 Å². The van der Waals surface area contributed by atoms with Crippen LogP contribution in [0.25, 0.3) is 10.9 Å². The van der Waals surface area contributed by atoms with Gasteiger partial charge in [-0.15, -0.1) is 0 Å². The monoisotopic (exact) mass is 640 g/mol. The van der Waals surface area contributed by atoms with Gasteiger partial charge in [-0.1, -0.05) is 0 Å². The Morgan fingerprint density at radius 2 is 1.76 bits per heavy atom. The highest BCUT2D eigenvalue weighted by molar-refractivity contribution is 7.92. The van der Waals surface area contributed by atoms with Crippen LogP contribution in [0.15, 0.2) is 36.7 Å². The summed E-state index contributed by atoms with van der Waals surface area (Å²) in [5.41, 5.74) is 1.08. The van der Waals surface area contributed by atoms with Crippen LogP contribution >= 0.6 is 0 Å². The number of pyridine rings is 3. The van der Waals surface area contributed by atoms with Crippen molar-refractivity contribution in [2.45, 2.75) is 37.8 Å². The maximum atomic E-state index is 11.9. The summed E-state index contributed by atoms with van der Waals surface area (Å²) >= 11 is 0. The van der Waals surface area contributed by atoms with Gasteiger partial charge < -0.3 is 29.3 Å². The molecule has 0 radical (unpaired) electrons. The van der Waals surface area contributed by atoms with Crippen LogP contribution < -0.4 is 24.4 Å². The number of nitrogens with one attached hydrogen (secondary N) is 2. The number of likely N-dealkylation sites (N-methyl/N-ethyl adjacent to an activating group) is 1. The second-order valence-electron chi connectivity index (χ2n) is 12.2. The summed E-state index contributed by atoms with van der Waals surface area (Å²) in [4.78, 5) is 21.0. The average molecular weight is 641 g/mol. The Hall–Kier alpha value is -3.46. The van der Waals surface area contributed by atoms with Crippen LogP contribution in [0.5, 0.6) is 11.6 Å². The molecule has 5 heterocycles. The zero-order chi connectivity index (χ0) is 31.2. The number of hydrogen-bond donors (Lipinski definition) is 2. The largest absolute Gasteiger partial charge is 0.491 e. The second kappa shape index (κ2) is 14.3. The number of nitrogens with zero attached hydrogens (tertiary/aromatic N) is 6. The van der Waals surface area contributed by atoms with E-state index in [1.165, 1.54) is 6.20 Å². The molecule has 0 aromatic carbocycles. The van der Waals surface area contributed by atoms with E-state index in [2.05, 4.69) is 41.8 Å². The number of ether oxygens (including phenoxy) is 3. The van der Waals surface area contributed by atoms with Crippen molar-refractivity contribution >= 4 is 38.2 Å². The number of morpholine rings is 1. The van der Waals surface area contributed by atoms with E-state index in [0.717, 1.165) is 95.1 Å². The van der Waals surface area contributed by atoms with E-state index < -0.39 is 10.0 Å². The lowest BCUT2D eigenvalue weighted by Crippen LogP contribution is -2.45. The Balaban J connectivity index is 1.04. The highest BCUT2D eigenvalue weighted by Crippen LogP contribution is 2.33. The van der Waals surface area contributed by atoms with E-state index in [9.17, 15) is 8.42 Å². The van der Waals surface area contributed by atoms with Crippen LogP contribution in [0.1, 0.15) is 25.7 Å². The molecule has 45 heavy (non-hydrogen) atoms. The zero-order valence-corrected chi connectivity index (χ0v) is 27.0. The molecule has 3 aliphatic rings. The molecule has 0 amide bonds. The van der Waals surface area contributed by atoms with Gasteiger partial charge in [-0.05, 0) is 50.9 Å². The number of anilines is 3. The summed E-state index contributed by atoms with van der Waals surface area (Å²) in [7, 11) is -1.29. The fraction of sp³-hybridized carbons (Fsp3) is 0.581. The normalized spacial score (nSPS) is 21.9. The standard InChI is InChI=1S/C31H44N8O5S/c1-37-9-11-38(12-10-37)13-18-43-26-7-8-29(33-22-26)34-23-3-5-25(6-4-23)44-31-27-19-24(36-45(2,40)41)21-32-28(27)20-30(35-31)39-14-16-42-17-15-39/h7-8,19-23,25,36H,3-6,9-18H2,1-2H3,(H,33,34)/t23-,25+. The number of rotatable bonds is 11. The first-order valence-corrected chi connectivity index (χ1v) is 17.7. The molecular weight excluding hydrogens is 596 g/mol. The van der Waals surface area contributed by atoms with Crippen LogP contribution in [0.2, 0.25) is 0 Å². The molecule has 3 aromatic rings. The van der Waals surface area contributed by atoms with E-state index in [1.807, 2.05) is 18.2 Å². The summed E-state index contributed by atoms with van der Waals surface area (Å²) in [6.07, 6.45) is 7.97. The maximum absolute atomic E-state index is 11.9. The Bertz CT molecular complexity index is 1520. The summed E-state index contributed by atoms with van der Waals surface area (Å²) in [5, 5.41) is 4.25. The highest BCUT2D eigenvalue weighted by atomic mass is 32.2. The first-order chi connectivity index (χ1) is 21.8. The van der Waals surface area contributed by atoms with Gasteiger partial charge in [-0.25, -0.2) is 13.4 Å². The number of fused-ring (bicyclic) bond motifs is 1. The smallest absolute Gasteiger partial charge is 0.229 e. The van der Waals surface area contributed by atoms with Crippen LogP contribution in [-0.2, 0) is 14.8 Å². The third kappa shape index (κ3) is 8.84. The molecule has 2 aliphatic heterocycles. The first kappa shape index (κ1) is 31.5. The van der Waals surface area contributed by atoms with Crippen molar-refractivity contribution in [1.29, 1.82) is 0 Å². The minimum atomic E-state index is -3.45. The van der Waals surface area contributed by atoms with E-state index in [0.29, 0.717) is 42.3 Å². The van der Waals surface area contributed by atoms with Crippen molar-refractivity contribution in [2.75, 3.05) is 93.9 Å². The number of piperazine rings is 1. The molecule has 0 spiro atoms. The van der Waals surface area contributed by atoms with E-state index in [-0.39, 0.29) is 12.1 Å². The van der Waals surface area contributed by atoms with Gasteiger partial charge in [0.15, 0.2) is 0 Å². The molecule has 1 saturated carbocycles. The van der Waals surface area contributed by atoms with Crippen molar-refractivity contribution in [1.82, 2.24) is 24.8 Å². The molecule has 14 heteroatoms. The van der Waals surface area contributed by atoms with Gasteiger partial charge in [-0.2, -0.15) is 4.98 Å². The van der Waals surface area contributed by atoms with E-state index in [1.54, 1.807) is 12.3 Å². The van der Waals surface area contributed by atoms with Crippen LogP contribution in [0.3, 0.4) is 0 Å². The number of aromatic nitrogens is 3.